The first kappa shape index (κ1) is 17.3. The second-order valence-corrected chi connectivity index (χ2v) is 7.80. The lowest BCUT2D eigenvalue weighted by molar-refractivity contribution is 1.61. The molecule has 5 aromatic carbocycles. The molecule has 0 saturated carbocycles. The number of hydrogen-bond acceptors (Lipinski definition) is 0. The summed E-state index contributed by atoms with van der Waals surface area (Å²) in [5.74, 6) is 0. The van der Waals surface area contributed by atoms with E-state index in [0.717, 1.165) is 11.1 Å². The summed E-state index contributed by atoms with van der Waals surface area (Å²) < 4.78 is 0. The fraction of sp³-hybridized carbons (Fsp3) is 0. The molecule has 28 heavy (non-hydrogen) atoms. The van der Waals surface area contributed by atoms with Crippen molar-refractivity contribution >= 4 is 44.7 Å². The molecule has 0 heterocycles. The molecule has 0 unspecified atom stereocenters. The van der Waals surface area contributed by atoms with E-state index in [4.69, 9.17) is 23.2 Å². The minimum absolute atomic E-state index is 0.645. The van der Waals surface area contributed by atoms with Crippen molar-refractivity contribution in [3.8, 4) is 22.3 Å². The molecule has 0 bridgehead atoms. The average Bonchev–Trinajstić information content (AvgIpc) is 2.73. The summed E-state index contributed by atoms with van der Waals surface area (Å²) in [4.78, 5) is 0. The Kier molecular flexibility index (Phi) is 4.31. The molecule has 0 atom stereocenters. The molecule has 0 N–H and O–H groups in total. The van der Waals surface area contributed by atoms with Crippen molar-refractivity contribution in [2.75, 3.05) is 0 Å². The number of benzene rings is 5. The van der Waals surface area contributed by atoms with Gasteiger partial charge in [-0.1, -0.05) is 96.0 Å². The fourth-order valence-corrected chi connectivity index (χ4v) is 4.38. The van der Waals surface area contributed by atoms with Gasteiger partial charge in [-0.3, -0.25) is 0 Å². The third kappa shape index (κ3) is 3.05. The highest BCUT2D eigenvalue weighted by molar-refractivity contribution is 6.35. The van der Waals surface area contributed by atoms with Crippen LogP contribution in [0.1, 0.15) is 0 Å². The van der Waals surface area contributed by atoms with Crippen LogP contribution in [-0.4, -0.2) is 0 Å². The molecular weight excluding hydrogens is 383 g/mol. The summed E-state index contributed by atoms with van der Waals surface area (Å²) in [5, 5.41) is 6.37. The molecule has 5 aromatic rings. The highest BCUT2D eigenvalue weighted by Gasteiger charge is 2.09. The summed E-state index contributed by atoms with van der Waals surface area (Å²) in [5.41, 5.74) is 4.55. The van der Waals surface area contributed by atoms with Crippen molar-refractivity contribution in [2.45, 2.75) is 0 Å². The first-order valence-electron chi connectivity index (χ1n) is 9.16. The topological polar surface area (TPSA) is 0 Å². The smallest absolute Gasteiger partial charge is 0.0426 e. The van der Waals surface area contributed by atoms with Gasteiger partial charge in [0.25, 0.3) is 0 Å². The molecule has 0 aliphatic heterocycles. The lowest BCUT2D eigenvalue weighted by atomic mass is 9.92. The Bertz CT molecular complexity index is 1300. The van der Waals surface area contributed by atoms with E-state index in [1.54, 1.807) is 6.07 Å². The zero-order valence-corrected chi connectivity index (χ0v) is 16.5. The van der Waals surface area contributed by atoms with Gasteiger partial charge >= 0.3 is 0 Å². The maximum absolute atomic E-state index is 6.16. The van der Waals surface area contributed by atoms with E-state index in [0.29, 0.717) is 10.0 Å². The Hall–Kier alpha value is -2.80. The lowest BCUT2D eigenvalue weighted by Crippen LogP contribution is -1.85. The van der Waals surface area contributed by atoms with Crippen LogP contribution in [0.2, 0.25) is 10.0 Å². The second-order valence-electron chi connectivity index (χ2n) is 6.93. The van der Waals surface area contributed by atoms with Crippen molar-refractivity contribution in [3.63, 3.8) is 0 Å². The molecule has 0 nitrogen and oxygen atoms in total. The quantitative estimate of drug-likeness (QED) is 0.261. The molecule has 134 valence electrons. The number of rotatable bonds is 2. The summed E-state index contributed by atoms with van der Waals surface area (Å²) in [6, 6.07) is 33.6. The van der Waals surface area contributed by atoms with Gasteiger partial charge in [0.05, 0.1) is 0 Å². The zero-order valence-electron chi connectivity index (χ0n) is 15.0. The molecule has 0 spiro atoms. The Morgan fingerprint density at radius 1 is 0.429 bits per heavy atom. The Labute approximate surface area is 174 Å². The van der Waals surface area contributed by atoms with Gasteiger partial charge in [0, 0.05) is 10.0 Å². The molecule has 2 heteroatoms. The minimum atomic E-state index is 0.645. The molecule has 0 aliphatic carbocycles. The van der Waals surface area contributed by atoms with E-state index >= 15 is 0 Å². The first-order chi connectivity index (χ1) is 13.7. The third-order valence-electron chi connectivity index (χ3n) is 5.16. The highest BCUT2D eigenvalue weighted by Crippen LogP contribution is 2.36. The molecular formula is C26H16Cl2. The van der Waals surface area contributed by atoms with Gasteiger partial charge in [0.2, 0.25) is 0 Å². The van der Waals surface area contributed by atoms with Gasteiger partial charge in [0.15, 0.2) is 0 Å². The number of hydrogen-bond donors (Lipinski definition) is 0. The molecule has 5 rings (SSSR count). The number of fused-ring (bicyclic) bond motifs is 3. The van der Waals surface area contributed by atoms with Crippen LogP contribution in [0.15, 0.2) is 97.1 Å². The van der Waals surface area contributed by atoms with Crippen molar-refractivity contribution in [1.82, 2.24) is 0 Å². The Morgan fingerprint density at radius 2 is 1.00 bits per heavy atom. The SMILES string of the molecule is Clc1cc(Cl)cc(-c2ccc(-c3cc4ccccc4c4ccccc34)cc2)c1. The maximum atomic E-state index is 6.16. The van der Waals surface area contributed by atoms with E-state index in [-0.39, 0.29) is 0 Å². The van der Waals surface area contributed by atoms with Gasteiger partial charge in [-0.15, -0.1) is 0 Å². The highest BCUT2D eigenvalue weighted by atomic mass is 35.5. The molecule has 0 aromatic heterocycles. The summed E-state index contributed by atoms with van der Waals surface area (Å²) >= 11 is 12.3. The fourth-order valence-electron chi connectivity index (χ4n) is 3.86. The monoisotopic (exact) mass is 398 g/mol. The van der Waals surface area contributed by atoms with Crippen molar-refractivity contribution in [2.24, 2.45) is 0 Å². The van der Waals surface area contributed by atoms with Crippen LogP contribution in [0.3, 0.4) is 0 Å². The molecule has 0 amide bonds. The van der Waals surface area contributed by atoms with Gasteiger partial charge in [-0.2, -0.15) is 0 Å². The second kappa shape index (κ2) is 6.98. The van der Waals surface area contributed by atoms with E-state index < -0.39 is 0 Å². The lowest BCUT2D eigenvalue weighted by Gasteiger charge is -2.12. The predicted octanol–water partition coefficient (Wildman–Crippen LogP) is 8.63. The van der Waals surface area contributed by atoms with Crippen molar-refractivity contribution < 1.29 is 0 Å². The van der Waals surface area contributed by atoms with Crippen LogP contribution in [0, 0.1) is 0 Å². The van der Waals surface area contributed by atoms with Crippen LogP contribution in [-0.2, 0) is 0 Å². The average molecular weight is 399 g/mol. The molecule has 0 fully saturated rings. The Balaban J connectivity index is 1.67. The Morgan fingerprint density at radius 3 is 1.71 bits per heavy atom. The predicted molar refractivity (Wildman–Crippen MR) is 122 cm³/mol. The summed E-state index contributed by atoms with van der Waals surface area (Å²) in [6.45, 7) is 0. The minimum Gasteiger partial charge on any atom is -0.0843 e. The third-order valence-corrected chi connectivity index (χ3v) is 5.60. The normalized spacial score (nSPS) is 11.2. The maximum Gasteiger partial charge on any atom is 0.0426 e. The summed E-state index contributed by atoms with van der Waals surface area (Å²) in [7, 11) is 0. The van der Waals surface area contributed by atoms with Gasteiger partial charge in [0.1, 0.15) is 0 Å². The van der Waals surface area contributed by atoms with Gasteiger partial charge in [-0.25, -0.2) is 0 Å². The van der Waals surface area contributed by atoms with Crippen LogP contribution >= 0.6 is 23.2 Å². The molecule has 0 radical (unpaired) electrons. The van der Waals surface area contributed by atoms with Gasteiger partial charge < -0.3 is 0 Å². The molecule has 0 aliphatic rings. The van der Waals surface area contributed by atoms with Crippen molar-refractivity contribution in [1.29, 1.82) is 0 Å². The van der Waals surface area contributed by atoms with Crippen LogP contribution in [0.25, 0.3) is 43.8 Å². The zero-order chi connectivity index (χ0) is 19.1. The van der Waals surface area contributed by atoms with Crippen LogP contribution < -0.4 is 0 Å². The van der Waals surface area contributed by atoms with E-state index in [1.165, 1.54) is 32.7 Å². The van der Waals surface area contributed by atoms with Gasteiger partial charge in [-0.05, 0) is 68.1 Å². The van der Waals surface area contributed by atoms with Crippen LogP contribution in [0.4, 0.5) is 0 Å². The summed E-state index contributed by atoms with van der Waals surface area (Å²) in [6.07, 6.45) is 0. The standard InChI is InChI=1S/C26H16Cl2/c27-21-13-20(14-22(28)16-21)17-9-11-18(12-10-17)26-15-19-5-1-2-6-23(19)24-7-3-4-8-25(24)26/h1-16H. The number of halogens is 2. The van der Waals surface area contributed by atoms with Crippen LogP contribution in [0.5, 0.6) is 0 Å². The van der Waals surface area contributed by atoms with E-state index in [2.05, 4.69) is 78.9 Å². The first-order valence-corrected chi connectivity index (χ1v) is 9.92. The van der Waals surface area contributed by atoms with E-state index in [1.807, 2.05) is 12.1 Å². The largest absolute Gasteiger partial charge is 0.0843 e. The van der Waals surface area contributed by atoms with E-state index in [9.17, 15) is 0 Å². The molecule has 0 saturated heterocycles. The van der Waals surface area contributed by atoms with Crippen molar-refractivity contribution in [3.05, 3.63) is 107 Å².